The van der Waals surface area contributed by atoms with Crippen molar-refractivity contribution in [2.45, 2.75) is 84.2 Å². The van der Waals surface area contributed by atoms with Crippen LogP contribution in [0.25, 0.3) is 0 Å². The van der Waals surface area contributed by atoms with Crippen LogP contribution in [0.3, 0.4) is 0 Å². The molecule has 3 fully saturated rings. The first-order valence-corrected chi connectivity index (χ1v) is 9.21. The molecule has 24 heavy (non-hydrogen) atoms. The van der Waals surface area contributed by atoms with Crippen molar-refractivity contribution in [3.8, 4) is 0 Å². The fourth-order valence-electron chi connectivity index (χ4n) is 6.62. The second kappa shape index (κ2) is 5.80. The van der Waals surface area contributed by atoms with Crippen LogP contribution in [0.4, 0.5) is 0 Å². The molecule has 4 heteroatoms. The third kappa shape index (κ3) is 2.26. The Hall–Kier alpha value is -0.420. The molecule has 4 N–H and O–H groups in total. The van der Waals surface area contributed by atoms with Gasteiger partial charge in [0.2, 0.25) is 0 Å². The van der Waals surface area contributed by atoms with E-state index < -0.39 is 18.3 Å². The molecule has 0 aromatic carbocycles. The Bertz CT molecular complexity index is 532. The summed E-state index contributed by atoms with van der Waals surface area (Å²) in [6.45, 7) is 4.40. The smallest absolute Gasteiger partial charge is 0.0855 e. The van der Waals surface area contributed by atoms with Gasteiger partial charge in [0, 0.05) is 0 Å². The third-order valence-corrected chi connectivity index (χ3v) is 8.08. The summed E-state index contributed by atoms with van der Waals surface area (Å²) >= 11 is 0. The van der Waals surface area contributed by atoms with Crippen LogP contribution in [-0.2, 0) is 0 Å². The van der Waals surface area contributed by atoms with Gasteiger partial charge in [0.05, 0.1) is 24.4 Å². The van der Waals surface area contributed by atoms with Gasteiger partial charge >= 0.3 is 0 Å². The standard InChI is InChI=1S/C19H30O4.CH4/c1-18-5-3-11(20)7-10(18)8-14(21)16-12(18)4-6-19(2)13(16)9-15(22)17(19)23;/h8,11-17,20-23H,3-7,9H2,1-2H3;1H4/t11-,12?,13?,14+,15-,16?,17+,18+,19+;/m1./s1. The maximum absolute atomic E-state index is 10.9. The molecule has 4 rings (SSSR count). The van der Waals surface area contributed by atoms with E-state index in [1.807, 2.05) is 6.08 Å². The van der Waals surface area contributed by atoms with Gasteiger partial charge in [-0.05, 0) is 67.1 Å². The molecule has 0 aromatic rings. The van der Waals surface area contributed by atoms with Crippen molar-refractivity contribution < 1.29 is 20.4 Å². The molecule has 3 saturated carbocycles. The number of rotatable bonds is 0. The molecule has 0 bridgehead atoms. The van der Waals surface area contributed by atoms with Gasteiger partial charge in [0.1, 0.15) is 0 Å². The summed E-state index contributed by atoms with van der Waals surface area (Å²) < 4.78 is 0. The lowest BCUT2D eigenvalue weighted by atomic mass is 9.47. The molecular weight excluding hydrogens is 304 g/mol. The predicted molar refractivity (Wildman–Crippen MR) is 93.2 cm³/mol. The van der Waals surface area contributed by atoms with E-state index >= 15 is 0 Å². The van der Waals surface area contributed by atoms with E-state index in [2.05, 4.69) is 13.8 Å². The van der Waals surface area contributed by atoms with Crippen LogP contribution >= 0.6 is 0 Å². The number of aliphatic hydroxyl groups is 4. The van der Waals surface area contributed by atoms with Crippen molar-refractivity contribution in [3.05, 3.63) is 11.6 Å². The Labute approximate surface area is 145 Å². The third-order valence-electron chi connectivity index (χ3n) is 8.08. The summed E-state index contributed by atoms with van der Waals surface area (Å²) in [5.74, 6) is 0.674. The first-order chi connectivity index (χ1) is 10.8. The van der Waals surface area contributed by atoms with Crippen LogP contribution in [0.15, 0.2) is 11.6 Å². The highest BCUT2D eigenvalue weighted by molar-refractivity contribution is 5.28. The van der Waals surface area contributed by atoms with Crippen molar-refractivity contribution in [2.24, 2.45) is 28.6 Å². The topological polar surface area (TPSA) is 80.9 Å². The average molecular weight is 338 g/mol. The molecule has 0 heterocycles. The Morgan fingerprint density at radius 1 is 1.00 bits per heavy atom. The molecule has 0 amide bonds. The molecule has 0 spiro atoms. The van der Waals surface area contributed by atoms with E-state index in [1.165, 1.54) is 5.57 Å². The average Bonchev–Trinajstić information content (AvgIpc) is 2.73. The Morgan fingerprint density at radius 3 is 2.42 bits per heavy atom. The van der Waals surface area contributed by atoms with Crippen molar-refractivity contribution in [1.29, 1.82) is 0 Å². The minimum absolute atomic E-state index is 0. The summed E-state index contributed by atoms with van der Waals surface area (Å²) in [5.41, 5.74) is 1.01. The van der Waals surface area contributed by atoms with Gasteiger partial charge in [-0.25, -0.2) is 0 Å². The first-order valence-electron chi connectivity index (χ1n) is 9.21. The van der Waals surface area contributed by atoms with Gasteiger partial charge in [-0.15, -0.1) is 0 Å². The van der Waals surface area contributed by atoms with Crippen LogP contribution in [0.2, 0.25) is 0 Å². The Kier molecular flexibility index (Phi) is 4.44. The van der Waals surface area contributed by atoms with Gasteiger partial charge in [-0.1, -0.05) is 32.9 Å². The molecule has 0 aliphatic heterocycles. The quantitative estimate of drug-likeness (QED) is 0.511. The fourth-order valence-corrected chi connectivity index (χ4v) is 6.62. The van der Waals surface area contributed by atoms with E-state index in [9.17, 15) is 20.4 Å². The van der Waals surface area contributed by atoms with Crippen LogP contribution < -0.4 is 0 Å². The molecule has 0 radical (unpaired) electrons. The minimum atomic E-state index is -0.674. The van der Waals surface area contributed by atoms with Gasteiger partial charge in [0.25, 0.3) is 0 Å². The highest BCUT2D eigenvalue weighted by Gasteiger charge is 2.62. The lowest BCUT2D eigenvalue weighted by Gasteiger charge is -2.58. The number of fused-ring (bicyclic) bond motifs is 5. The molecular formula is C20H34O4. The molecule has 3 unspecified atom stereocenters. The predicted octanol–water partition coefficient (Wildman–Crippen LogP) is 2.25. The van der Waals surface area contributed by atoms with Crippen molar-refractivity contribution in [2.75, 3.05) is 0 Å². The van der Waals surface area contributed by atoms with E-state index in [0.29, 0.717) is 18.8 Å². The first kappa shape index (κ1) is 18.4. The molecule has 4 aliphatic carbocycles. The zero-order valence-electron chi connectivity index (χ0n) is 14.2. The molecule has 0 aromatic heterocycles. The zero-order valence-corrected chi connectivity index (χ0v) is 14.2. The van der Waals surface area contributed by atoms with Gasteiger partial charge in [0.15, 0.2) is 0 Å². The SMILES string of the molecule is C.C[C@]12CC[C@@H](O)CC1=C[C@H](O)C1C2CC[C@@]2(C)C1C[C@@H](O)[C@@H]2O. The summed E-state index contributed by atoms with van der Waals surface area (Å²) in [5, 5.41) is 41.6. The monoisotopic (exact) mass is 338 g/mol. The van der Waals surface area contributed by atoms with Crippen LogP contribution in [-0.4, -0.2) is 44.8 Å². The maximum Gasteiger partial charge on any atom is 0.0855 e. The second-order valence-corrected chi connectivity index (χ2v) is 9.08. The molecule has 138 valence electrons. The van der Waals surface area contributed by atoms with Crippen LogP contribution in [0.1, 0.15) is 59.8 Å². The Balaban J connectivity index is 0.00000169. The lowest BCUT2D eigenvalue weighted by Crippen LogP contribution is -2.55. The van der Waals surface area contributed by atoms with Crippen LogP contribution in [0, 0.1) is 28.6 Å². The van der Waals surface area contributed by atoms with Gasteiger partial charge in [-0.3, -0.25) is 0 Å². The highest BCUT2D eigenvalue weighted by Crippen LogP contribution is 2.64. The minimum Gasteiger partial charge on any atom is -0.393 e. The van der Waals surface area contributed by atoms with Crippen LogP contribution in [0.5, 0.6) is 0 Å². The number of hydrogen-bond donors (Lipinski definition) is 4. The maximum atomic E-state index is 10.9. The summed E-state index contributed by atoms with van der Waals surface area (Å²) in [4.78, 5) is 0. The van der Waals surface area contributed by atoms with Crippen molar-refractivity contribution >= 4 is 0 Å². The Morgan fingerprint density at radius 2 is 1.71 bits per heavy atom. The number of aliphatic hydroxyl groups excluding tert-OH is 4. The van der Waals surface area contributed by atoms with E-state index in [-0.39, 0.29) is 36.2 Å². The lowest BCUT2D eigenvalue weighted by molar-refractivity contribution is -0.110. The summed E-state index contributed by atoms with van der Waals surface area (Å²) in [6.07, 6.45) is 4.85. The van der Waals surface area contributed by atoms with Crippen molar-refractivity contribution in [3.63, 3.8) is 0 Å². The van der Waals surface area contributed by atoms with E-state index in [1.54, 1.807) is 0 Å². The summed E-state index contributed by atoms with van der Waals surface area (Å²) in [6, 6.07) is 0. The molecule has 4 aliphatic rings. The van der Waals surface area contributed by atoms with E-state index in [4.69, 9.17) is 0 Å². The van der Waals surface area contributed by atoms with E-state index in [0.717, 1.165) is 25.7 Å². The molecule has 4 nitrogen and oxygen atoms in total. The normalized spacial score (nSPS) is 56.4. The number of hydrogen-bond acceptors (Lipinski definition) is 4. The molecule has 0 saturated heterocycles. The highest BCUT2D eigenvalue weighted by atomic mass is 16.3. The van der Waals surface area contributed by atoms with Gasteiger partial charge < -0.3 is 20.4 Å². The second-order valence-electron chi connectivity index (χ2n) is 9.08. The fraction of sp³-hybridized carbons (Fsp3) is 0.900. The molecule has 9 atom stereocenters. The zero-order chi connectivity index (χ0) is 16.6. The van der Waals surface area contributed by atoms with Crippen molar-refractivity contribution in [1.82, 2.24) is 0 Å². The van der Waals surface area contributed by atoms with Gasteiger partial charge in [-0.2, -0.15) is 0 Å². The largest absolute Gasteiger partial charge is 0.393 e. The summed E-state index contributed by atoms with van der Waals surface area (Å²) in [7, 11) is 0.